The molecule has 0 aliphatic carbocycles. The second kappa shape index (κ2) is 8.46. The van der Waals surface area contributed by atoms with Crippen LogP contribution < -0.4 is 14.4 Å². The highest BCUT2D eigenvalue weighted by Crippen LogP contribution is 2.35. The predicted octanol–water partition coefficient (Wildman–Crippen LogP) is 2.85. The number of halogens is 3. The first kappa shape index (κ1) is 21.0. The van der Waals surface area contributed by atoms with E-state index in [1.165, 1.54) is 17.0 Å². The maximum Gasteiger partial charge on any atom is 0.573 e. The molecule has 7 nitrogen and oxygen atoms in total. The molecule has 1 fully saturated rings. The molecule has 1 unspecified atom stereocenters. The third-order valence-electron chi connectivity index (χ3n) is 4.95. The Balaban J connectivity index is 1.57. The molecule has 0 N–H and O–H groups in total. The van der Waals surface area contributed by atoms with Crippen molar-refractivity contribution in [1.82, 2.24) is 4.90 Å². The topological polar surface area (TPSA) is 68.3 Å². The average molecular weight is 436 g/mol. The van der Waals surface area contributed by atoms with Gasteiger partial charge in [0, 0.05) is 18.7 Å². The van der Waals surface area contributed by atoms with Crippen LogP contribution in [0.4, 0.5) is 18.9 Å². The molecular formula is C21H19F3N2O5. The summed E-state index contributed by atoms with van der Waals surface area (Å²) >= 11 is 0. The van der Waals surface area contributed by atoms with Crippen LogP contribution in [0.1, 0.15) is 10.4 Å². The van der Waals surface area contributed by atoms with Crippen molar-refractivity contribution in [2.75, 3.05) is 37.7 Å². The van der Waals surface area contributed by atoms with Gasteiger partial charge in [0.05, 0.1) is 25.4 Å². The predicted molar refractivity (Wildman–Crippen MR) is 103 cm³/mol. The highest BCUT2D eigenvalue weighted by Gasteiger charge is 2.37. The number of fused-ring (bicyclic) bond motifs is 1. The van der Waals surface area contributed by atoms with Gasteiger partial charge in [-0.2, -0.15) is 0 Å². The Bertz CT molecular complexity index is 958. The lowest BCUT2D eigenvalue weighted by Gasteiger charge is -2.37. The lowest BCUT2D eigenvalue weighted by Crippen LogP contribution is -2.54. The zero-order valence-corrected chi connectivity index (χ0v) is 16.3. The summed E-state index contributed by atoms with van der Waals surface area (Å²) in [6.07, 6.45) is -5.72. The first-order chi connectivity index (χ1) is 14.8. The van der Waals surface area contributed by atoms with E-state index in [4.69, 9.17) is 9.47 Å². The van der Waals surface area contributed by atoms with E-state index in [2.05, 4.69) is 4.74 Å². The molecular weight excluding hydrogens is 417 g/mol. The zero-order valence-electron chi connectivity index (χ0n) is 16.3. The molecule has 2 amide bonds. The van der Waals surface area contributed by atoms with Crippen LogP contribution in [0.3, 0.4) is 0 Å². The Morgan fingerprint density at radius 1 is 1.00 bits per heavy atom. The second-order valence-corrected chi connectivity index (χ2v) is 7.00. The minimum atomic E-state index is -4.82. The summed E-state index contributed by atoms with van der Waals surface area (Å²) in [6.45, 7) is 1.73. The van der Waals surface area contributed by atoms with E-state index in [0.717, 1.165) is 12.1 Å². The number of anilines is 1. The summed E-state index contributed by atoms with van der Waals surface area (Å²) in [5.74, 6) is -0.754. The lowest BCUT2D eigenvalue weighted by molar-refractivity contribution is -0.274. The van der Waals surface area contributed by atoms with Gasteiger partial charge in [-0.05, 0) is 36.4 Å². The molecule has 4 rings (SSSR count). The summed E-state index contributed by atoms with van der Waals surface area (Å²) in [4.78, 5) is 29.1. The van der Waals surface area contributed by atoms with Crippen LogP contribution in [0.5, 0.6) is 11.5 Å². The van der Waals surface area contributed by atoms with Gasteiger partial charge in [-0.15, -0.1) is 13.2 Å². The Morgan fingerprint density at radius 2 is 1.68 bits per heavy atom. The minimum Gasteiger partial charge on any atom is -0.476 e. The Kier molecular flexibility index (Phi) is 5.73. The number of morpholine rings is 1. The van der Waals surface area contributed by atoms with E-state index in [1.54, 1.807) is 29.2 Å². The van der Waals surface area contributed by atoms with Gasteiger partial charge < -0.3 is 24.0 Å². The number of carbonyl (C=O) groups excluding carboxylic acids is 2. The summed E-state index contributed by atoms with van der Waals surface area (Å²) in [7, 11) is 0. The third-order valence-corrected chi connectivity index (χ3v) is 4.95. The van der Waals surface area contributed by atoms with Crippen LogP contribution in [0, 0.1) is 0 Å². The van der Waals surface area contributed by atoms with Gasteiger partial charge in [-0.25, -0.2) is 0 Å². The summed E-state index contributed by atoms with van der Waals surface area (Å²) in [6, 6.07) is 11.4. The average Bonchev–Trinajstić information content (AvgIpc) is 2.77. The number of para-hydroxylation sites is 2. The molecule has 1 saturated heterocycles. The number of alkyl halides is 3. The van der Waals surface area contributed by atoms with Crippen molar-refractivity contribution < 1.29 is 37.0 Å². The van der Waals surface area contributed by atoms with Gasteiger partial charge in [0.2, 0.25) is 0 Å². The highest BCUT2D eigenvalue weighted by molar-refractivity contribution is 6.08. The fraction of sp³-hybridized carbons (Fsp3) is 0.333. The molecule has 31 heavy (non-hydrogen) atoms. The summed E-state index contributed by atoms with van der Waals surface area (Å²) < 4.78 is 52.1. The Morgan fingerprint density at radius 3 is 2.35 bits per heavy atom. The van der Waals surface area contributed by atoms with Crippen LogP contribution in [-0.4, -0.2) is 62.0 Å². The number of carbonyl (C=O) groups is 2. The molecule has 0 radical (unpaired) electrons. The molecule has 1 atom stereocenters. The Labute approximate surface area is 175 Å². The van der Waals surface area contributed by atoms with E-state index in [0.29, 0.717) is 37.7 Å². The smallest absolute Gasteiger partial charge is 0.476 e. The molecule has 2 heterocycles. The fourth-order valence-electron chi connectivity index (χ4n) is 3.50. The van der Waals surface area contributed by atoms with Crippen molar-refractivity contribution >= 4 is 17.5 Å². The monoisotopic (exact) mass is 436 g/mol. The number of hydrogen-bond acceptors (Lipinski definition) is 5. The number of ether oxygens (including phenoxy) is 3. The maximum atomic E-state index is 13.2. The van der Waals surface area contributed by atoms with Crippen LogP contribution >= 0.6 is 0 Å². The van der Waals surface area contributed by atoms with Crippen LogP contribution in [0.2, 0.25) is 0 Å². The molecule has 0 spiro atoms. The molecule has 0 saturated carbocycles. The second-order valence-electron chi connectivity index (χ2n) is 7.00. The molecule has 0 bridgehead atoms. The van der Waals surface area contributed by atoms with Crippen molar-refractivity contribution in [3.05, 3.63) is 54.1 Å². The first-order valence-electron chi connectivity index (χ1n) is 9.62. The molecule has 2 aromatic rings. The van der Waals surface area contributed by atoms with Gasteiger partial charge in [0.15, 0.2) is 6.10 Å². The van der Waals surface area contributed by atoms with Gasteiger partial charge >= 0.3 is 6.36 Å². The fourth-order valence-corrected chi connectivity index (χ4v) is 3.50. The molecule has 164 valence electrons. The third kappa shape index (κ3) is 4.74. The Hall–Kier alpha value is -3.27. The van der Waals surface area contributed by atoms with Gasteiger partial charge in [0.1, 0.15) is 11.5 Å². The summed E-state index contributed by atoms with van der Waals surface area (Å²) in [5, 5.41) is 0. The number of hydrogen-bond donors (Lipinski definition) is 0. The first-order valence-corrected chi connectivity index (χ1v) is 9.62. The highest BCUT2D eigenvalue weighted by atomic mass is 19.4. The lowest BCUT2D eigenvalue weighted by atomic mass is 10.1. The molecule has 2 aliphatic rings. The van der Waals surface area contributed by atoms with Gasteiger partial charge in [0.25, 0.3) is 11.8 Å². The van der Waals surface area contributed by atoms with Gasteiger partial charge in [-0.1, -0.05) is 12.1 Å². The molecule has 2 aliphatic heterocycles. The van der Waals surface area contributed by atoms with E-state index >= 15 is 0 Å². The van der Waals surface area contributed by atoms with Crippen LogP contribution in [-0.2, 0) is 9.53 Å². The SMILES string of the molecule is O=C(C1CN(C(=O)c2ccc(OC(F)(F)F)cc2)c2ccccc2O1)N1CCOCC1. The van der Waals surface area contributed by atoms with Gasteiger partial charge in [-0.3, -0.25) is 9.59 Å². The number of nitrogens with zero attached hydrogens (tertiary/aromatic N) is 2. The van der Waals surface area contributed by atoms with E-state index in [1.807, 2.05) is 0 Å². The van der Waals surface area contributed by atoms with E-state index < -0.39 is 24.1 Å². The van der Waals surface area contributed by atoms with Crippen molar-refractivity contribution in [1.29, 1.82) is 0 Å². The number of benzene rings is 2. The normalized spacial score (nSPS) is 18.7. The van der Waals surface area contributed by atoms with E-state index in [9.17, 15) is 22.8 Å². The number of amides is 2. The standard InChI is InChI=1S/C21H19F3N2O5/c22-21(23,24)31-15-7-5-14(6-8-15)19(27)26-13-18(20(28)25-9-11-29-12-10-25)30-17-4-2-1-3-16(17)26/h1-8,18H,9-13H2. The molecule has 10 heteroatoms. The van der Waals surface area contributed by atoms with Crippen molar-refractivity contribution in [3.8, 4) is 11.5 Å². The van der Waals surface area contributed by atoms with E-state index in [-0.39, 0.29) is 18.0 Å². The minimum absolute atomic E-state index is 0.0210. The molecule has 0 aromatic heterocycles. The maximum absolute atomic E-state index is 13.2. The number of rotatable bonds is 3. The van der Waals surface area contributed by atoms with Crippen LogP contribution in [0.25, 0.3) is 0 Å². The van der Waals surface area contributed by atoms with Crippen LogP contribution in [0.15, 0.2) is 48.5 Å². The van der Waals surface area contributed by atoms with Crippen molar-refractivity contribution in [2.45, 2.75) is 12.5 Å². The van der Waals surface area contributed by atoms with Crippen molar-refractivity contribution in [3.63, 3.8) is 0 Å². The zero-order chi connectivity index (χ0) is 22.0. The van der Waals surface area contributed by atoms with Crippen molar-refractivity contribution in [2.24, 2.45) is 0 Å². The molecule has 2 aromatic carbocycles. The largest absolute Gasteiger partial charge is 0.573 e. The summed E-state index contributed by atoms with van der Waals surface area (Å²) in [5.41, 5.74) is 0.637. The quantitative estimate of drug-likeness (QED) is 0.740.